The average Bonchev–Trinajstić information content (AvgIpc) is 3.46. The van der Waals surface area contributed by atoms with E-state index in [9.17, 15) is 9.90 Å². The molecule has 0 saturated heterocycles. The van der Waals surface area contributed by atoms with Crippen LogP contribution in [0.4, 0.5) is 0 Å². The van der Waals surface area contributed by atoms with E-state index in [0.29, 0.717) is 22.9 Å². The Morgan fingerprint density at radius 1 is 1.19 bits per heavy atom. The van der Waals surface area contributed by atoms with Gasteiger partial charge in [0.2, 0.25) is 5.88 Å². The Balaban J connectivity index is 1.73. The van der Waals surface area contributed by atoms with E-state index in [2.05, 4.69) is 28.1 Å². The van der Waals surface area contributed by atoms with E-state index in [4.69, 9.17) is 9.98 Å². The molecule has 0 aliphatic heterocycles. The molecule has 8 nitrogen and oxygen atoms in total. The minimum absolute atomic E-state index is 0.233. The fourth-order valence-electron chi connectivity index (χ4n) is 3.28. The Labute approximate surface area is 179 Å². The number of aromatic hydroxyl groups is 1. The number of aryl methyl sites for hydroxylation is 1. The molecule has 9 heteroatoms. The van der Waals surface area contributed by atoms with Crippen LogP contribution in [0.25, 0.3) is 22.3 Å². The van der Waals surface area contributed by atoms with Gasteiger partial charge in [-0.1, -0.05) is 30.3 Å². The van der Waals surface area contributed by atoms with Crippen LogP contribution in [0.2, 0.25) is 0 Å². The maximum Gasteiger partial charge on any atom is 0.326 e. The fraction of sp³-hybridized carbons (Fsp3) is 0.0909. The summed E-state index contributed by atoms with van der Waals surface area (Å²) in [7, 11) is 0. The van der Waals surface area contributed by atoms with Crippen molar-refractivity contribution in [1.82, 2.24) is 24.6 Å². The van der Waals surface area contributed by atoms with Gasteiger partial charge >= 0.3 is 5.69 Å². The number of hydrogen-bond donors (Lipinski definition) is 3. The Morgan fingerprint density at radius 3 is 2.74 bits per heavy atom. The van der Waals surface area contributed by atoms with Crippen molar-refractivity contribution >= 4 is 23.1 Å². The highest BCUT2D eigenvalue weighted by Gasteiger charge is 2.10. The van der Waals surface area contributed by atoms with E-state index >= 15 is 0 Å². The van der Waals surface area contributed by atoms with Gasteiger partial charge in [-0.25, -0.2) is 9.78 Å². The number of fused-ring (bicyclic) bond motifs is 1. The number of nitrogens with zero attached hydrogens (tertiary/aromatic N) is 4. The normalized spacial score (nSPS) is 12.8. The number of aromatic amines is 2. The van der Waals surface area contributed by atoms with Crippen molar-refractivity contribution in [2.45, 2.75) is 13.5 Å². The van der Waals surface area contributed by atoms with Gasteiger partial charge in [0.25, 0.3) is 0 Å². The molecule has 0 aliphatic carbocycles. The molecule has 5 aromatic rings. The van der Waals surface area contributed by atoms with Crippen LogP contribution in [0, 0.1) is 6.92 Å². The second-order valence-electron chi connectivity index (χ2n) is 7.03. The molecule has 0 amide bonds. The van der Waals surface area contributed by atoms with Crippen LogP contribution in [0.3, 0.4) is 0 Å². The van der Waals surface area contributed by atoms with Crippen molar-refractivity contribution in [3.05, 3.63) is 92.1 Å². The number of rotatable bonds is 4. The van der Waals surface area contributed by atoms with Crippen LogP contribution in [0.1, 0.15) is 16.1 Å². The molecule has 0 bridgehead atoms. The standard InChI is InChI=1S/C22H18N6O2S/c1-13-7-8-18(31-13)16-10-19(23-11-14-5-3-2-4-6-14)28-20(25-16)15(12-24-28)9-17-21(29)27-22(30)26-17/h2-10,12,29H,11H2,1H3,(H2,26,27,30). The maximum absolute atomic E-state index is 11.5. The molecule has 4 heterocycles. The lowest BCUT2D eigenvalue weighted by Crippen LogP contribution is -2.18. The van der Waals surface area contributed by atoms with Gasteiger partial charge in [-0.3, -0.25) is 9.98 Å². The lowest BCUT2D eigenvalue weighted by molar-refractivity contribution is 0.454. The highest BCUT2D eigenvalue weighted by atomic mass is 32.1. The van der Waals surface area contributed by atoms with Gasteiger partial charge in [0.05, 0.1) is 23.3 Å². The molecule has 4 aromatic heterocycles. The first kappa shape index (κ1) is 19.0. The molecule has 1 aromatic carbocycles. The zero-order chi connectivity index (χ0) is 21.4. The number of H-pyrrole nitrogens is 2. The van der Waals surface area contributed by atoms with Crippen LogP contribution in [-0.2, 0) is 6.54 Å². The van der Waals surface area contributed by atoms with Crippen LogP contribution in [-0.4, -0.2) is 29.7 Å². The van der Waals surface area contributed by atoms with Gasteiger partial charge in [-0.2, -0.15) is 9.61 Å². The van der Waals surface area contributed by atoms with Crippen molar-refractivity contribution in [2.75, 3.05) is 0 Å². The smallest absolute Gasteiger partial charge is 0.326 e. The number of imidazole rings is 1. The third kappa shape index (κ3) is 3.78. The molecule has 0 radical (unpaired) electrons. The predicted molar refractivity (Wildman–Crippen MR) is 119 cm³/mol. The molecule has 0 aliphatic rings. The molecule has 31 heavy (non-hydrogen) atoms. The molecule has 154 valence electrons. The van der Waals surface area contributed by atoms with Crippen LogP contribution >= 0.6 is 11.3 Å². The molecule has 0 atom stereocenters. The lowest BCUT2D eigenvalue weighted by Gasteiger charge is -2.01. The summed E-state index contributed by atoms with van der Waals surface area (Å²) in [5, 5.41) is 15.0. The molecule has 5 rings (SSSR count). The average molecular weight is 430 g/mol. The molecule has 0 fully saturated rings. The molecule has 3 N–H and O–H groups in total. The molecular weight excluding hydrogens is 412 g/mol. The summed E-state index contributed by atoms with van der Waals surface area (Å²) >= 11 is 1.65. The third-order valence-corrected chi connectivity index (χ3v) is 5.80. The summed E-state index contributed by atoms with van der Waals surface area (Å²) < 4.78 is 1.67. The van der Waals surface area contributed by atoms with Crippen molar-refractivity contribution < 1.29 is 5.11 Å². The minimum atomic E-state index is -0.485. The summed E-state index contributed by atoms with van der Waals surface area (Å²) in [4.78, 5) is 28.1. The number of benzene rings is 1. The van der Waals surface area contributed by atoms with Gasteiger partial charge in [-0.05, 0) is 30.7 Å². The van der Waals surface area contributed by atoms with Crippen LogP contribution in [0.5, 0.6) is 5.88 Å². The fourth-order valence-corrected chi connectivity index (χ4v) is 4.11. The summed E-state index contributed by atoms with van der Waals surface area (Å²) in [6, 6.07) is 16.0. The van der Waals surface area contributed by atoms with Gasteiger partial charge in [0, 0.05) is 16.2 Å². The van der Waals surface area contributed by atoms with Crippen molar-refractivity contribution in [3.8, 4) is 16.5 Å². The molecule has 0 unspecified atom stereocenters. The number of thiophene rings is 1. The molecule has 0 spiro atoms. The predicted octanol–water partition coefficient (Wildman–Crippen LogP) is 2.14. The first-order valence-corrected chi connectivity index (χ1v) is 10.4. The van der Waals surface area contributed by atoms with Gasteiger partial charge in [0.1, 0.15) is 5.69 Å². The highest BCUT2D eigenvalue weighted by molar-refractivity contribution is 7.15. The number of hydrogen-bond acceptors (Lipinski definition) is 6. The van der Waals surface area contributed by atoms with Crippen LogP contribution in [0.15, 0.2) is 64.5 Å². The van der Waals surface area contributed by atoms with E-state index in [1.54, 1.807) is 28.1 Å². The highest BCUT2D eigenvalue weighted by Crippen LogP contribution is 2.25. The topological polar surface area (TPSA) is 111 Å². The SMILES string of the molecule is Cc1ccc(-c2cc(=NCc3ccccc3)n3ncc(=Cc4[nH]c(=O)[nH]c4O)c3n2)s1. The molecule has 0 saturated carbocycles. The van der Waals surface area contributed by atoms with Crippen molar-refractivity contribution in [1.29, 1.82) is 0 Å². The van der Waals surface area contributed by atoms with Gasteiger partial charge in [0.15, 0.2) is 11.1 Å². The first-order chi connectivity index (χ1) is 15.1. The summed E-state index contributed by atoms with van der Waals surface area (Å²) in [6.07, 6.45) is 3.27. The Bertz CT molecular complexity index is 1560. The van der Waals surface area contributed by atoms with Crippen LogP contribution < -0.4 is 16.4 Å². The Kier molecular flexibility index (Phi) is 4.72. The van der Waals surface area contributed by atoms with E-state index in [0.717, 1.165) is 16.1 Å². The quantitative estimate of drug-likeness (QED) is 0.406. The zero-order valence-electron chi connectivity index (χ0n) is 16.5. The number of aromatic nitrogens is 5. The van der Waals surface area contributed by atoms with E-state index in [1.807, 2.05) is 42.5 Å². The Hall–Kier alpha value is -3.98. The van der Waals surface area contributed by atoms with E-state index in [-0.39, 0.29) is 11.6 Å². The van der Waals surface area contributed by atoms with Crippen molar-refractivity contribution in [3.63, 3.8) is 0 Å². The monoisotopic (exact) mass is 430 g/mol. The lowest BCUT2D eigenvalue weighted by atomic mass is 10.2. The third-order valence-electron chi connectivity index (χ3n) is 4.77. The van der Waals surface area contributed by atoms with E-state index < -0.39 is 5.69 Å². The zero-order valence-corrected chi connectivity index (χ0v) is 17.3. The van der Waals surface area contributed by atoms with Gasteiger partial charge < -0.3 is 10.1 Å². The Morgan fingerprint density at radius 2 is 2.03 bits per heavy atom. The first-order valence-electron chi connectivity index (χ1n) is 9.60. The summed E-state index contributed by atoms with van der Waals surface area (Å²) in [6.45, 7) is 2.56. The summed E-state index contributed by atoms with van der Waals surface area (Å²) in [5.74, 6) is -0.233. The maximum atomic E-state index is 11.5. The minimum Gasteiger partial charge on any atom is -0.493 e. The molecular formula is C22H18N6O2S. The summed E-state index contributed by atoms with van der Waals surface area (Å²) in [5.41, 5.74) is 2.91. The number of nitrogens with one attached hydrogen (secondary N) is 2. The van der Waals surface area contributed by atoms with Crippen molar-refractivity contribution in [2.24, 2.45) is 4.99 Å². The van der Waals surface area contributed by atoms with Gasteiger partial charge in [-0.15, -0.1) is 11.3 Å². The van der Waals surface area contributed by atoms with E-state index in [1.165, 1.54) is 4.88 Å². The second-order valence-corrected chi connectivity index (χ2v) is 8.32. The second kappa shape index (κ2) is 7.69. The largest absolute Gasteiger partial charge is 0.493 e.